The number of hydrogen-bond donors (Lipinski definition) is 0. The molecule has 5 heteroatoms. The van der Waals surface area contributed by atoms with Crippen LogP contribution in [0.15, 0.2) is 22.5 Å². The van der Waals surface area contributed by atoms with Crippen molar-refractivity contribution in [1.29, 1.82) is 0 Å². The van der Waals surface area contributed by atoms with E-state index in [0.717, 1.165) is 21.7 Å². The highest BCUT2D eigenvalue weighted by atomic mass is 32.2. The molecule has 3 nitrogen and oxygen atoms in total. The van der Waals surface area contributed by atoms with E-state index >= 15 is 0 Å². The number of thioether (sulfide) groups is 1. The van der Waals surface area contributed by atoms with Gasteiger partial charge in [0.05, 0.1) is 7.11 Å². The molecule has 0 bridgehead atoms. The summed E-state index contributed by atoms with van der Waals surface area (Å²) in [7, 11) is 1.71. The molecule has 1 heterocycles. The molecule has 2 aromatic rings. The van der Waals surface area contributed by atoms with Crippen LogP contribution in [0.4, 0.5) is 0 Å². The average Bonchev–Trinajstić information content (AvgIpc) is 2.85. The molecular weight excluding hydrogens is 276 g/mol. The van der Waals surface area contributed by atoms with Gasteiger partial charge in [-0.3, -0.25) is 0 Å². The van der Waals surface area contributed by atoms with Crippen LogP contribution < -0.4 is 4.74 Å². The Labute approximate surface area is 122 Å². The molecular formula is C14H18N2OS2. The molecule has 0 saturated heterocycles. The van der Waals surface area contributed by atoms with E-state index in [1.54, 1.807) is 18.9 Å². The van der Waals surface area contributed by atoms with Gasteiger partial charge in [0.15, 0.2) is 4.34 Å². The largest absolute Gasteiger partial charge is 0.496 e. The molecule has 0 fully saturated rings. The fourth-order valence-electron chi connectivity index (χ4n) is 1.67. The van der Waals surface area contributed by atoms with Crippen LogP contribution in [-0.4, -0.2) is 16.5 Å². The van der Waals surface area contributed by atoms with Crippen LogP contribution in [0.2, 0.25) is 0 Å². The van der Waals surface area contributed by atoms with E-state index in [0.29, 0.717) is 5.92 Å². The molecule has 0 aliphatic rings. The Kier molecular flexibility index (Phi) is 4.82. The van der Waals surface area contributed by atoms with E-state index in [9.17, 15) is 0 Å². The van der Waals surface area contributed by atoms with Gasteiger partial charge in [-0.15, -0.1) is 0 Å². The molecule has 0 atom stereocenters. The summed E-state index contributed by atoms with van der Waals surface area (Å²) in [6.45, 7) is 6.32. The maximum absolute atomic E-state index is 5.39. The first-order valence-corrected chi connectivity index (χ1v) is 7.96. The molecule has 0 unspecified atom stereocenters. The van der Waals surface area contributed by atoms with E-state index in [4.69, 9.17) is 4.74 Å². The lowest BCUT2D eigenvalue weighted by atomic mass is 10.1. The summed E-state index contributed by atoms with van der Waals surface area (Å²) in [6.07, 6.45) is 0. The van der Waals surface area contributed by atoms with Crippen molar-refractivity contribution < 1.29 is 4.74 Å². The van der Waals surface area contributed by atoms with Gasteiger partial charge in [-0.1, -0.05) is 43.3 Å². The van der Waals surface area contributed by atoms with Gasteiger partial charge < -0.3 is 4.74 Å². The number of ether oxygens (including phenoxy) is 1. The zero-order valence-electron chi connectivity index (χ0n) is 11.6. The topological polar surface area (TPSA) is 35.0 Å². The molecule has 1 aromatic heterocycles. The Balaban J connectivity index is 2.07. The first-order chi connectivity index (χ1) is 9.10. The Morgan fingerprint density at radius 2 is 2.16 bits per heavy atom. The molecule has 0 saturated carbocycles. The highest BCUT2D eigenvalue weighted by Gasteiger charge is 2.10. The third-order valence-corrected chi connectivity index (χ3v) is 4.62. The molecule has 2 rings (SSSR count). The first kappa shape index (κ1) is 14.3. The number of rotatable bonds is 5. The standard InChI is InChI=1S/C14H18N2OS2/c1-9(2)13-15-14(19-16-13)18-8-11-7-10(3)5-6-12(11)17-4/h5-7,9H,8H2,1-4H3. The number of nitrogens with zero attached hydrogens (tertiary/aromatic N) is 2. The average molecular weight is 294 g/mol. The molecule has 0 radical (unpaired) electrons. The second kappa shape index (κ2) is 6.39. The van der Waals surface area contributed by atoms with Crippen LogP contribution in [0.1, 0.15) is 36.7 Å². The van der Waals surface area contributed by atoms with Crippen molar-refractivity contribution in [2.45, 2.75) is 36.8 Å². The minimum Gasteiger partial charge on any atom is -0.496 e. The summed E-state index contributed by atoms with van der Waals surface area (Å²) < 4.78 is 10.8. The van der Waals surface area contributed by atoms with E-state index in [-0.39, 0.29) is 0 Å². The Morgan fingerprint density at radius 1 is 1.37 bits per heavy atom. The maximum Gasteiger partial charge on any atom is 0.170 e. The van der Waals surface area contributed by atoms with Crippen LogP contribution in [0.25, 0.3) is 0 Å². The lowest BCUT2D eigenvalue weighted by Gasteiger charge is -2.08. The fraction of sp³-hybridized carbons (Fsp3) is 0.429. The Bertz CT molecular complexity index is 552. The van der Waals surface area contributed by atoms with Crippen molar-refractivity contribution in [3.8, 4) is 5.75 Å². The van der Waals surface area contributed by atoms with Gasteiger partial charge in [-0.05, 0) is 24.5 Å². The van der Waals surface area contributed by atoms with E-state index in [2.05, 4.69) is 42.3 Å². The van der Waals surface area contributed by atoms with Crippen molar-refractivity contribution in [3.05, 3.63) is 35.2 Å². The third kappa shape index (κ3) is 3.70. The Morgan fingerprint density at radius 3 is 2.79 bits per heavy atom. The van der Waals surface area contributed by atoms with Gasteiger partial charge in [0.1, 0.15) is 11.6 Å². The normalized spacial score (nSPS) is 11.0. The van der Waals surface area contributed by atoms with Gasteiger partial charge >= 0.3 is 0 Å². The lowest BCUT2D eigenvalue weighted by molar-refractivity contribution is 0.411. The lowest BCUT2D eigenvalue weighted by Crippen LogP contribution is -1.91. The van der Waals surface area contributed by atoms with Gasteiger partial charge in [0.25, 0.3) is 0 Å². The van der Waals surface area contributed by atoms with Crippen LogP contribution in [0.5, 0.6) is 5.75 Å². The van der Waals surface area contributed by atoms with Crippen LogP contribution in [-0.2, 0) is 5.75 Å². The van der Waals surface area contributed by atoms with Crippen molar-refractivity contribution in [2.75, 3.05) is 7.11 Å². The maximum atomic E-state index is 5.39. The van der Waals surface area contributed by atoms with Gasteiger partial charge in [-0.25, -0.2) is 4.98 Å². The van der Waals surface area contributed by atoms with Crippen molar-refractivity contribution in [3.63, 3.8) is 0 Å². The third-order valence-electron chi connectivity index (χ3n) is 2.73. The van der Waals surface area contributed by atoms with Crippen LogP contribution in [0, 0.1) is 6.92 Å². The van der Waals surface area contributed by atoms with Crippen LogP contribution in [0.3, 0.4) is 0 Å². The fourth-order valence-corrected chi connectivity index (χ4v) is 3.39. The molecule has 0 N–H and O–H groups in total. The number of hydrogen-bond acceptors (Lipinski definition) is 5. The van der Waals surface area contributed by atoms with Gasteiger partial charge in [0.2, 0.25) is 0 Å². The Hall–Kier alpha value is -1.07. The zero-order chi connectivity index (χ0) is 13.8. The van der Waals surface area contributed by atoms with Crippen molar-refractivity contribution >= 4 is 23.3 Å². The molecule has 102 valence electrons. The smallest absolute Gasteiger partial charge is 0.170 e. The van der Waals surface area contributed by atoms with Crippen LogP contribution >= 0.6 is 23.3 Å². The molecule has 0 aliphatic carbocycles. The molecule has 0 amide bonds. The summed E-state index contributed by atoms with van der Waals surface area (Å²) in [5.74, 6) is 3.12. The SMILES string of the molecule is COc1ccc(C)cc1CSc1nc(C(C)C)ns1. The molecule has 0 aliphatic heterocycles. The number of aromatic nitrogens is 2. The highest BCUT2D eigenvalue weighted by Crippen LogP contribution is 2.30. The van der Waals surface area contributed by atoms with Crippen molar-refractivity contribution in [2.24, 2.45) is 0 Å². The predicted octanol–water partition coefficient (Wildman–Crippen LogP) is 4.27. The molecule has 1 aromatic carbocycles. The number of benzene rings is 1. The predicted molar refractivity (Wildman–Crippen MR) is 81.3 cm³/mol. The minimum absolute atomic E-state index is 0.388. The van der Waals surface area contributed by atoms with Gasteiger partial charge in [0, 0.05) is 17.2 Å². The highest BCUT2D eigenvalue weighted by molar-refractivity contribution is 8.00. The number of aryl methyl sites for hydroxylation is 1. The summed E-state index contributed by atoms with van der Waals surface area (Å²) in [5.41, 5.74) is 2.45. The van der Waals surface area contributed by atoms with E-state index in [1.807, 2.05) is 6.07 Å². The molecule has 19 heavy (non-hydrogen) atoms. The van der Waals surface area contributed by atoms with Crippen molar-refractivity contribution in [1.82, 2.24) is 9.36 Å². The summed E-state index contributed by atoms with van der Waals surface area (Å²) in [5, 5.41) is 0. The monoisotopic (exact) mass is 294 g/mol. The summed E-state index contributed by atoms with van der Waals surface area (Å²) in [6, 6.07) is 6.25. The summed E-state index contributed by atoms with van der Waals surface area (Å²) >= 11 is 3.19. The quantitative estimate of drug-likeness (QED) is 0.771. The van der Waals surface area contributed by atoms with E-state index < -0.39 is 0 Å². The molecule has 0 spiro atoms. The second-order valence-electron chi connectivity index (χ2n) is 4.68. The van der Waals surface area contributed by atoms with Gasteiger partial charge in [-0.2, -0.15) is 4.37 Å². The van der Waals surface area contributed by atoms with E-state index in [1.165, 1.54) is 22.7 Å². The second-order valence-corrected chi connectivity index (χ2v) is 6.65. The summed E-state index contributed by atoms with van der Waals surface area (Å²) in [4.78, 5) is 4.53. The zero-order valence-corrected chi connectivity index (χ0v) is 13.3. The minimum atomic E-state index is 0.388. The first-order valence-electron chi connectivity index (χ1n) is 6.20. The number of methoxy groups -OCH3 is 1.